The van der Waals surface area contributed by atoms with Gasteiger partial charge in [-0.05, 0) is 6.42 Å². The highest BCUT2D eigenvalue weighted by Gasteiger charge is 2.08. The van der Waals surface area contributed by atoms with E-state index in [1.165, 1.54) is 0 Å². The number of nitrogens with one attached hydrogen (secondary N) is 1. The molecule has 0 bridgehead atoms. The number of hydrogen-bond acceptors (Lipinski definition) is 3. The standard InChI is InChI=1S/C7H16N4O2/c1-2-3-10-7(9)11-4-5(12)6(8)13/h5,12H,2-4H2,1H3,(H2,8,13)(H3,9,10,11). The van der Waals surface area contributed by atoms with Gasteiger partial charge in [0.1, 0.15) is 0 Å². The maximum atomic E-state index is 10.4. The molecular formula is C7H16N4O2. The van der Waals surface area contributed by atoms with Gasteiger partial charge in [-0.1, -0.05) is 6.92 Å². The van der Waals surface area contributed by atoms with Crippen LogP contribution in [0.2, 0.25) is 0 Å². The van der Waals surface area contributed by atoms with Crippen molar-refractivity contribution < 1.29 is 9.90 Å². The number of aliphatic imine (C=N–C) groups is 1. The van der Waals surface area contributed by atoms with E-state index in [4.69, 9.17) is 16.6 Å². The third-order valence-electron chi connectivity index (χ3n) is 1.32. The molecule has 0 aliphatic carbocycles. The number of primary amides is 1. The third-order valence-corrected chi connectivity index (χ3v) is 1.32. The van der Waals surface area contributed by atoms with Crippen LogP contribution in [0.5, 0.6) is 0 Å². The van der Waals surface area contributed by atoms with E-state index in [0.717, 1.165) is 6.42 Å². The number of amides is 1. The summed E-state index contributed by atoms with van der Waals surface area (Å²) in [6.07, 6.45) is -0.337. The minimum atomic E-state index is -1.26. The molecule has 0 radical (unpaired) electrons. The summed E-state index contributed by atoms with van der Waals surface area (Å²) >= 11 is 0. The zero-order valence-corrected chi connectivity index (χ0v) is 7.66. The zero-order valence-electron chi connectivity index (χ0n) is 7.66. The first-order chi connectivity index (χ1) is 6.07. The molecule has 0 spiro atoms. The van der Waals surface area contributed by atoms with Crippen molar-refractivity contribution in [2.24, 2.45) is 16.5 Å². The third kappa shape index (κ3) is 5.92. The largest absolute Gasteiger partial charge is 0.381 e. The highest BCUT2D eigenvalue weighted by Crippen LogP contribution is 1.82. The molecule has 0 aromatic carbocycles. The molecule has 0 saturated carbocycles. The molecule has 6 nitrogen and oxygen atoms in total. The van der Waals surface area contributed by atoms with Gasteiger partial charge in [0.15, 0.2) is 12.1 Å². The summed E-state index contributed by atoms with van der Waals surface area (Å²) in [5, 5.41) is 11.7. The van der Waals surface area contributed by atoms with Gasteiger partial charge in [-0.15, -0.1) is 0 Å². The molecule has 0 aliphatic rings. The first-order valence-electron chi connectivity index (χ1n) is 4.09. The maximum absolute atomic E-state index is 10.4. The van der Waals surface area contributed by atoms with Crippen LogP contribution in [0.4, 0.5) is 0 Å². The molecule has 0 fully saturated rings. The van der Waals surface area contributed by atoms with Gasteiger partial charge in [-0.2, -0.15) is 0 Å². The molecule has 0 aliphatic heterocycles. The van der Waals surface area contributed by atoms with Crippen molar-refractivity contribution in [3.05, 3.63) is 0 Å². The van der Waals surface area contributed by atoms with Crippen LogP contribution in [0.25, 0.3) is 0 Å². The van der Waals surface area contributed by atoms with E-state index in [0.29, 0.717) is 6.54 Å². The fraction of sp³-hybridized carbons (Fsp3) is 0.714. The topological polar surface area (TPSA) is 114 Å². The Balaban J connectivity index is 3.75. The minimum Gasteiger partial charge on any atom is -0.381 e. The number of nitrogens with two attached hydrogens (primary N) is 2. The van der Waals surface area contributed by atoms with E-state index in [2.05, 4.69) is 10.3 Å². The summed E-state index contributed by atoms with van der Waals surface area (Å²) in [6, 6.07) is 0. The number of hydrogen-bond donors (Lipinski definition) is 4. The van der Waals surface area contributed by atoms with Crippen molar-refractivity contribution >= 4 is 11.9 Å². The first kappa shape index (κ1) is 11.7. The van der Waals surface area contributed by atoms with Crippen LogP contribution in [0.1, 0.15) is 13.3 Å². The van der Waals surface area contributed by atoms with Crippen molar-refractivity contribution in [1.29, 1.82) is 0 Å². The predicted molar refractivity (Wildman–Crippen MR) is 50.0 cm³/mol. The molecule has 1 atom stereocenters. The Morgan fingerprint density at radius 2 is 2.23 bits per heavy atom. The molecule has 6 N–H and O–H groups in total. The quantitative estimate of drug-likeness (QED) is 0.299. The van der Waals surface area contributed by atoms with Crippen LogP contribution >= 0.6 is 0 Å². The van der Waals surface area contributed by atoms with E-state index < -0.39 is 12.0 Å². The lowest BCUT2D eigenvalue weighted by molar-refractivity contribution is -0.125. The summed E-state index contributed by atoms with van der Waals surface area (Å²) in [6.45, 7) is 2.60. The number of carbonyl (C=O) groups excluding carboxylic acids is 1. The molecule has 0 rings (SSSR count). The van der Waals surface area contributed by atoms with E-state index in [1.807, 2.05) is 6.92 Å². The molecular weight excluding hydrogens is 172 g/mol. The van der Waals surface area contributed by atoms with E-state index >= 15 is 0 Å². The van der Waals surface area contributed by atoms with E-state index in [-0.39, 0.29) is 12.5 Å². The van der Waals surface area contributed by atoms with Crippen LogP contribution in [0.15, 0.2) is 4.99 Å². The first-order valence-corrected chi connectivity index (χ1v) is 4.09. The Morgan fingerprint density at radius 3 is 2.69 bits per heavy atom. The van der Waals surface area contributed by atoms with E-state index in [9.17, 15) is 4.79 Å². The second-order valence-electron chi connectivity index (χ2n) is 2.57. The number of nitrogens with zero attached hydrogens (tertiary/aromatic N) is 1. The van der Waals surface area contributed by atoms with Gasteiger partial charge >= 0.3 is 0 Å². The van der Waals surface area contributed by atoms with Gasteiger partial charge in [0.25, 0.3) is 0 Å². The summed E-state index contributed by atoms with van der Waals surface area (Å²) in [5.41, 5.74) is 10.2. The van der Waals surface area contributed by atoms with Gasteiger partial charge in [-0.25, -0.2) is 0 Å². The molecule has 13 heavy (non-hydrogen) atoms. The lowest BCUT2D eigenvalue weighted by Crippen LogP contribution is -2.35. The fourth-order valence-electron chi connectivity index (χ4n) is 0.584. The summed E-state index contributed by atoms with van der Waals surface area (Å²) in [7, 11) is 0. The fourth-order valence-corrected chi connectivity index (χ4v) is 0.584. The Bertz CT molecular complexity index is 193. The molecule has 1 unspecified atom stereocenters. The number of rotatable bonds is 5. The number of aliphatic hydroxyl groups is 1. The minimum absolute atomic E-state index is 0.0993. The second kappa shape index (κ2) is 6.24. The number of aliphatic hydroxyl groups excluding tert-OH is 1. The smallest absolute Gasteiger partial charge is 0.248 e. The molecule has 76 valence electrons. The summed E-state index contributed by atoms with van der Waals surface area (Å²) in [4.78, 5) is 14.1. The van der Waals surface area contributed by atoms with Crippen LogP contribution in [-0.2, 0) is 4.79 Å². The highest BCUT2D eigenvalue weighted by atomic mass is 16.3. The summed E-state index contributed by atoms with van der Waals surface area (Å²) in [5.74, 6) is -0.589. The van der Waals surface area contributed by atoms with Crippen molar-refractivity contribution in [2.45, 2.75) is 19.4 Å². The zero-order chi connectivity index (χ0) is 10.3. The SMILES string of the molecule is CCCNC(N)=NCC(O)C(N)=O. The van der Waals surface area contributed by atoms with Crippen molar-refractivity contribution in [3.63, 3.8) is 0 Å². The van der Waals surface area contributed by atoms with Crippen molar-refractivity contribution in [3.8, 4) is 0 Å². The van der Waals surface area contributed by atoms with Crippen molar-refractivity contribution in [2.75, 3.05) is 13.1 Å². The maximum Gasteiger partial charge on any atom is 0.248 e. The molecule has 6 heteroatoms. The van der Waals surface area contributed by atoms with Crippen LogP contribution in [0.3, 0.4) is 0 Å². The second-order valence-corrected chi connectivity index (χ2v) is 2.57. The Labute approximate surface area is 77.0 Å². The highest BCUT2D eigenvalue weighted by molar-refractivity contribution is 5.80. The van der Waals surface area contributed by atoms with Crippen LogP contribution in [-0.4, -0.2) is 36.2 Å². The van der Waals surface area contributed by atoms with E-state index in [1.54, 1.807) is 0 Å². The average molecular weight is 188 g/mol. The Morgan fingerprint density at radius 1 is 1.62 bits per heavy atom. The average Bonchev–Trinajstić information content (AvgIpc) is 2.10. The lowest BCUT2D eigenvalue weighted by Gasteiger charge is -2.05. The predicted octanol–water partition coefficient (Wildman–Crippen LogP) is -1.85. The Hall–Kier alpha value is -1.30. The molecule has 0 aromatic heterocycles. The Kier molecular flexibility index (Phi) is 5.62. The van der Waals surface area contributed by atoms with Crippen LogP contribution < -0.4 is 16.8 Å². The van der Waals surface area contributed by atoms with Crippen LogP contribution in [0, 0.1) is 0 Å². The van der Waals surface area contributed by atoms with Gasteiger partial charge in [0.05, 0.1) is 6.54 Å². The molecule has 1 amide bonds. The molecule has 0 heterocycles. The molecule has 0 saturated heterocycles. The summed E-state index contributed by atoms with van der Waals surface area (Å²) < 4.78 is 0. The lowest BCUT2D eigenvalue weighted by atomic mass is 10.3. The molecule has 0 aromatic rings. The number of guanidine groups is 1. The van der Waals surface area contributed by atoms with Crippen molar-refractivity contribution in [1.82, 2.24) is 5.32 Å². The normalized spacial score (nSPS) is 13.8. The van der Waals surface area contributed by atoms with Gasteiger partial charge in [0.2, 0.25) is 5.91 Å². The van der Waals surface area contributed by atoms with Gasteiger partial charge in [-0.3, -0.25) is 9.79 Å². The van der Waals surface area contributed by atoms with Gasteiger partial charge < -0.3 is 21.9 Å². The monoisotopic (exact) mass is 188 g/mol. The number of carbonyl (C=O) groups is 1. The van der Waals surface area contributed by atoms with Gasteiger partial charge in [0, 0.05) is 6.54 Å².